The molecule has 0 saturated heterocycles. The van der Waals surface area contributed by atoms with E-state index in [0.29, 0.717) is 6.54 Å². The van der Waals surface area contributed by atoms with Crippen LogP contribution in [0.25, 0.3) is 0 Å². The van der Waals surface area contributed by atoms with E-state index < -0.39 is 0 Å². The molecule has 0 atom stereocenters. The maximum Gasteiger partial charge on any atom is 0.252 e. The van der Waals surface area contributed by atoms with E-state index in [4.69, 9.17) is 0 Å². The first kappa shape index (κ1) is 6.15. The first-order valence-corrected chi connectivity index (χ1v) is 3.35. The lowest BCUT2D eigenvalue weighted by Crippen LogP contribution is -2.24. The van der Waals surface area contributed by atoms with E-state index >= 15 is 0 Å². The highest BCUT2D eigenvalue weighted by atomic mass is 16.2. The van der Waals surface area contributed by atoms with Gasteiger partial charge in [-0.15, -0.1) is 0 Å². The van der Waals surface area contributed by atoms with Crippen molar-refractivity contribution in [2.24, 2.45) is 0 Å². The van der Waals surface area contributed by atoms with Gasteiger partial charge in [-0.3, -0.25) is 14.8 Å². The molecule has 0 fully saturated rings. The fraction of sp³-hybridized carbons (Fsp3) is 0.143. The molecular formula is C7H7N3O. The summed E-state index contributed by atoms with van der Waals surface area (Å²) >= 11 is 0. The number of H-pyrrole nitrogens is 1. The van der Waals surface area contributed by atoms with Crippen LogP contribution >= 0.6 is 0 Å². The predicted molar refractivity (Wildman–Crippen MR) is 40.1 cm³/mol. The molecule has 1 N–H and O–H groups in total. The normalized spacial score (nSPS) is 16.4. The van der Waals surface area contributed by atoms with Crippen LogP contribution < -0.4 is 4.90 Å². The average molecular weight is 149 g/mol. The van der Waals surface area contributed by atoms with Gasteiger partial charge in [0, 0.05) is 18.7 Å². The van der Waals surface area contributed by atoms with Gasteiger partial charge in [0.25, 0.3) is 5.91 Å². The topological polar surface area (TPSA) is 49.0 Å². The summed E-state index contributed by atoms with van der Waals surface area (Å²) in [6.45, 7) is 0.640. The van der Waals surface area contributed by atoms with E-state index in [1.54, 1.807) is 23.2 Å². The minimum Gasteiger partial charge on any atom is -0.290 e. The van der Waals surface area contributed by atoms with Crippen LogP contribution in [0.15, 0.2) is 24.4 Å². The minimum atomic E-state index is 0.00856. The lowest BCUT2D eigenvalue weighted by Gasteiger charge is -2.11. The Labute approximate surface area is 63.5 Å². The Bertz CT molecular complexity index is 289. The van der Waals surface area contributed by atoms with Crippen LogP contribution in [0.4, 0.5) is 5.82 Å². The number of rotatable bonds is 1. The second-order valence-corrected chi connectivity index (χ2v) is 2.29. The van der Waals surface area contributed by atoms with Gasteiger partial charge in [0.2, 0.25) is 0 Å². The van der Waals surface area contributed by atoms with Gasteiger partial charge < -0.3 is 0 Å². The van der Waals surface area contributed by atoms with Gasteiger partial charge in [0.15, 0.2) is 0 Å². The molecule has 0 radical (unpaired) electrons. The SMILES string of the molecule is O=C1C=CCN1c1ccn[nH]1. The molecule has 0 spiro atoms. The third kappa shape index (κ3) is 0.920. The minimum absolute atomic E-state index is 0.00856. The van der Waals surface area contributed by atoms with Crippen LogP contribution in [0.3, 0.4) is 0 Å². The van der Waals surface area contributed by atoms with Crippen LogP contribution in [0.5, 0.6) is 0 Å². The summed E-state index contributed by atoms with van der Waals surface area (Å²) in [5.74, 6) is 0.759. The number of carbonyl (C=O) groups is 1. The molecule has 0 aliphatic carbocycles. The number of anilines is 1. The third-order valence-electron chi connectivity index (χ3n) is 1.59. The summed E-state index contributed by atoms with van der Waals surface area (Å²) < 4.78 is 0. The van der Waals surface area contributed by atoms with Gasteiger partial charge in [0.1, 0.15) is 5.82 Å². The Balaban J connectivity index is 2.26. The van der Waals surface area contributed by atoms with E-state index in [-0.39, 0.29) is 5.91 Å². The van der Waals surface area contributed by atoms with Crippen LogP contribution in [-0.4, -0.2) is 22.6 Å². The molecule has 4 nitrogen and oxygen atoms in total. The van der Waals surface area contributed by atoms with Crippen LogP contribution in [0, 0.1) is 0 Å². The lowest BCUT2D eigenvalue weighted by molar-refractivity contribution is -0.113. The molecule has 1 aromatic heterocycles. The molecule has 0 saturated carbocycles. The van der Waals surface area contributed by atoms with Crippen molar-refractivity contribution in [3.8, 4) is 0 Å². The van der Waals surface area contributed by atoms with Crippen molar-refractivity contribution in [1.82, 2.24) is 10.2 Å². The summed E-state index contributed by atoms with van der Waals surface area (Å²) in [7, 11) is 0. The Morgan fingerprint density at radius 3 is 3.09 bits per heavy atom. The Hall–Kier alpha value is -1.58. The van der Waals surface area contributed by atoms with Gasteiger partial charge in [-0.1, -0.05) is 6.08 Å². The molecule has 1 aliphatic heterocycles. The van der Waals surface area contributed by atoms with Crippen molar-refractivity contribution in [2.45, 2.75) is 0 Å². The van der Waals surface area contributed by atoms with Crippen molar-refractivity contribution < 1.29 is 4.79 Å². The summed E-state index contributed by atoms with van der Waals surface area (Å²) in [6.07, 6.45) is 5.00. The number of nitrogens with one attached hydrogen (secondary N) is 1. The van der Waals surface area contributed by atoms with Gasteiger partial charge in [0.05, 0.1) is 6.20 Å². The van der Waals surface area contributed by atoms with E-state index in [2.05, 4.69) is 10.2 Å². The van der Waals surface area contributed by atoms with Crippen molar-refractivity contribution in [2.75, 3.05) is 11.4 Å². The second-order valence-electron chi connectivity index (χ2n) is 2.29. The summed E-state index contributed by atoms with van der Waals surface area (Å²) in [5.41, 5.74) is 0. The molecule has 1 aromatic rings. The fourth-order valence-corrected chi connectivity index (χ4v) is 1.05. The van der Waals surface area contributed by atoms with E-state index in [0.717, 1.165) is 5.82 Å². The molecule has 1 amide bonds. The highest BCUT2D eigenvalue weighted by Gasteiger charge is 2.16. The molecule has 1 aliphatic rings. The van der Waals surface area contributed by atoms with Crippen LogP contribution in [0.2, 0.25) is 0 Å². The molecule has 0 unspecified atom stereocenters. The summed E-state index contributed by atoms with van der Waals surface area (Å²) in [4.78, 5) is 12.7. The van der Waals surface area contributed by atoms with Crippen molar-refractivity contribution in [3.05, 3.63) is 24.4 Å². The summed E-state index contributed by atoms with van der Waals surface area (Å²) in [5, 5.41) is 6.48. The molecule has 0 bridgehead atoms. The molecule has 0 aromatic carbocycles. The first-order valence-electron chi connectivity index (χ1n) is 3.35. The Kier molecular flexibility index (Phi) is 1.25. The number of amides is 1. The van der Waals surface area contributed by atoms with Crippen LogP contribution in [0.1, 0.15) is 0 Å². The third-order valence-corrected chi connectivity index (χ3v) is 1.59. The molecular weight excluding hydrogens is 142 g/mol. The number of aromatic amines is 1. The van der Waals surface area contributed by atoms with Gasteiger partial charge in [-0.2, -0.15) is 5.10 Å². The predicted octanol–water partition coefficient (Wildman–Crippen LogP) is 0.312. The summed E-state index contributed by atoms with van der Waals surface area (Å²) in [6, 6.07) is 1.77. The number of hydrogen-bond acceptors (Lipinski definition) is 2. The van der Waals surface area contributed by atoms with E-state index in [1.807, 2.05) is 6.08 Å². The number of aromatic nitrogens is 2. The molecule has 4 heteroatoms. The van der Waals surface area contributed by atoms with E-state index in [1.165, 1.54) is 0 Å². The van der Waals surface area contributed by atoms with E-state index in [9.17, 15) is 4.79 Å². The monoisotopic (exact) mass is 149 g/mol. The van der Waals surface area contributed by atoms with Crippen molar-refractivity contribution >= 4 is 11.7 Å². The zero-order valence-electron chi connectivity index (χ0n) is 5.82. The zero-order chi connectivity index (χ0) is 7.68. The maximum atomic E-state index is 11.1. The second kappa shape index (κ2) is 2.23. The largest absolute Gasteiger partial charge is 0.290 e. The van der Waals surface area contributed by atoms with Crippen molar-refractivity contribution in [3.63, 3.8) is 0 Å². The van der Waals surface area contributed by atoms with Gasteiger partial charge in [-0.25, -0.2) is 0 Å². The maximum absolute atomic E-state index is 11.1. The highest BCUT2D eigenvalue weighted by molar-refractivity contribution is 6.03. The molecule has 2 heterocycles. The zero-order valence-corrected chi connectivity index (χ0v) is 5.82. The molecule has 2 rings (SSSR count). The van der Waals surface area contributed by atoms with Crippen molar-refractivity contribution in [1.29, 1.82) is 0 Å². The number of nitrogens with zero attached hydrogens (tertiary/aromatic N) is 2. The average Bonchev–Trinajstić information content (AvgIpc) is 2.55. The Morgan fingerprint density at radius 2 is 2.55 bits per heavy atom. The number of hydrogen-bond donors (Lipinski definition) is 1. The quantitative estimate of drug-likeness (QED) is 0.624. The lowest BCUT2D eigenvalue weighted by atomic mass is 10.5. The molecule has 11 heavy (non-hydrogen) atoms. The smallest absolute Gasteiger partial charge is 0.252 e. The fourth-order valence-electron chi connectivity index (χ4n) is 1.05. The highest BCUT2D eigenvalue weighted by Crippen LogP contribution is 2.12. The first-order chi connectivity index (χ1) is 5.38. The van der Waals surface area contributed by atoms with Gasteiger partial charge in [-0.05, 0) is 0 Å². The molecule has 56 valence electrons. The Morgan fingerprint density at radius 1 is 1.64 bits per heavy atom. The van der Waals surface area contributed by atoms with Gasteiger partial charge >= 0.3 is 0 Å². The number of carbonyl (C=O) groups excluding carboxylic acids is 1. The van der Waals surface area contributed by atoms with Crippen LogP contribution in [-0.2, 0) is 4.79 Å². The standard InChI is InChI=1S/C7H7N3O/c11-7-2-1-5-10(7)6-3-4-8-9-6/h1-4H,5H2,(H,8,9).